The van der Waals surface area contributed by atoms with Crippen molar-refractivity contribution < 1.29 is 8.42 Å². The molecule has 0 spiro atoms. The molecule has 0 amide bonds. The number of piperidine rings is 1. The quantitative estimate of drug-likeness (QED) is 0.321. The summed E-state index contributed by atoms with van der Waals surface area (Å²) >= 11 is 7.01. The van der Waals surface area contributed by atoms with Crippen LogP contribution in [0.1, 0.15) is 43.4 Å². The van der Waals surface area contributed by atoms with Crippen molar-refractivity contribution in [1.82, 2.24) is 9.29 Å². The maximum absolute atomic E-state index is 13.2. The lowest BCUT2D eigenvalue weighted by Crippen LogP contribution is -2.29. The molecular formula is C27H28ClN3O3S2. The van der Waals surface area contributed by atoms with Gasteiger partial charge in [-0.25, -0.2) is 13.1 Å². The van der Waals surface area contributed by atoms with Gasteiger partial charge in [-0.05, 0) is 79.8 Å². The Bertz CT molecular complexity index is 1520. The van der Waals surface area contributed by atoms with Crippen LogP contribution >= 0.6 is 22.9 Å². The molecule has 0 saturated carbocycles. The SMILES string of the molecule is CC(NS(=O)(=O)c1ccc2c(c1)sc(=O)n2Cc1ccc(Cl)cc1)c1ccc(N2CCCCC2)cc1. The van der Waals surface area contributed by atoms with Crippen LogP contribution in [0.2, 0.25) is 5.02 Å². The second-order valence-corrected chi connectivity index (χ2v) is 12.3. The maximum atomic E-state index is 13.2. The highest BCUT2D eigenvalue weighted by atomic mass is 35.5. The average Bonchev–Trinajstić information content (AvgIpc) is 3.19. The minimum Gasteiger partial charge on any atom is -0.372 e. The Morgan fingerprint density at radius 1 is 0.972 bits per heavy atom. The molecule has 1 saturated heterocycles. The Balaban J connectivity index is 1.33. The monoisotopic (exact) mass is 541 g/mol. The van der Waals surface area contributed by atoms with Crippen LogP contribution in [-0.2, 0) is 16.6 Å². The Hall–Kier alpha value is -2.65. The van der Waals surface area contributed by atoms with Crippen LogP contribution in [0.15, 0.2) is 76.4 Å². The van der Waals surface area contributed by atoms with Crippen LogP contribution in [0.5, 0.6) is 0 Å². The van der Waals surface area contributed by atoms with E-state index in [4.69, 9.17) is 11.6 Å². The molecule has 5 rings (SSSR count). The Morgan fingerprint density at radius 3 is 2.36 bits per heavy atom. The summed E-state index contributed by atoms with van der Waals surface area (Å²) < 4.78 is 31.4. The van der Waals surface area contributed by atoms with E-state index in [0.717, 1.165) is 35.6 Å². The lowest BCUT2D eigenvalue weighted by molar-refractivity contribution is 0.566. The largest absolute Gasteiger partial charge is 0.372 e. The number of benzene rings is 3. The molecule has 1 aromatic heterocycles. The zero-order valence-corrected chi connectivity index (χ0v) is 22.4. The molecule has 1 fully saturated rings. The zero-order valence-electron chi connectivity index (χ0n) is 20.0. The molecule has 0 bridgehead atoms. The van der Waals surface area contributed by atoms with Crippen molar-refractivity contribution in [1.29, 1.82) is 0 Å². The number of nitrogens with zero attached hydrogens (tertiary/aromatic N) is 2. The standard InChI is InChI=1S/C27H28ClN3O3S2/c1-19(21-7-11-23(12-8-21)30-15-3-2-4-16-30)29-36(33,34)24-13-14-25-26(17-24)35-27(32)31(25)18-20-5-9-22(28)10-6-20/h5-14,17,19,29H,2-4,15-16,18H2,1H3. The van der Waals surface area contributed by atoms with Crippen LogP contribution in [0.3, 0.4) is 0 Å². The molecule has 0 radical (unpaired) electrons. The third-order valence-corrected chi connectivity index (χ3v) is 9.38. The Kier molecular flexibility index (Phi) is 7.21. The van der Waals surface area contributed by atoms with Gasteiger partial charge >= 0.3 is 4.87 Å². The summed E-state index contributed by atoms with van der Waals surface area (Å²) in [7, 11) is -3.78. The van der Waals surface area contributed by atoms with Crippen LogP contribution in [0.25, 0.3) is 10.2 Å². The lowest BCUT2D eigenvalue weighted by atomic mass is 10.1. The van der Waals surface area contributed by atoms with E-state index in [1.165, 1.54) is 24.9 Å². The lowest BCUT2D eigenvalue weighted by Gasteiger charge is -2.29. The van der Waals surface area contributed by atoms with Crippen molar-refractivity contribution >= 4 is 48.9 Å². The number of nitrogens with one attached hydrogen (secondary N) is 1. The second-order valence-electron chi connectivity index (χ2n) is 9.19. The first-order chi connectivity index (χ1) is 17.3. The first-order valence-corrected chi connectivity index (χ1v) is 14.7. The van der Waals surface area contributed by atoms with Crippen LogP contribution in [0, 0.1) is 0 Å². The predicted molar refractivity (Wildman–Crippen MR) is 148 cm³/mol. The van der Waals surface area contributed by atoms with E-state index >= 15 is 0 Å². The van der Waals surface area contributed by atoms with Gasteiger partial charge in [0.15, 0.2) is 0 Å². The maximum Gasteiger partial charge on any atom is 0.308 e. The Labute approximate surface area is 220 Å². The highest BCUT2D eigenvalue weighted by Gasteiger charge is 2.21. The number of halogens is 1. The number of fused-ring (bicyclic) bond motifs is 1. The fraction of sp³-hybridized carbons (Fsp3) is 0.296. The number of hydrogen-bond acceptors (Lipinski definition) is 5. The fourth-order valence-corrected chi connectivity index (χ4v) is 7.02. The third kappa shape index (κ3) is 5.37. The summed E-state index contributed by atoms with van der Waals surface area (Å²) in [5.74, 6) is 0. The van der Waals surface area contributed by atoms with Gasteiger partial charge in [0.25, 0.3) is 0 Å². The Morgan fingerprint density at radius 2 is 1.67 bits per heavy atom. The second kappa shape index (κ2) is 10.4. The summed E-state index contributed by atoms with van der Waals surface area (Å²) in [6.07, 6.45) is 3.70. The molecule has 1 unspecified atom stereocenters. The van der Waals surface area contributed by atoms with E-state index in [1.807, 2.05) is 31.2 Å². The normalized spacial score (nSPS) is 15.3. The van der Waals surface area contributed by atoms with Crippen molar-refractivity contribution in [3.63, 3.8) is 0 Å². The number of thiazole rings is 1. The number of sulfonamides is 1. The van der Waals surface area contributed by atoms with Gasteiger partial charge in [-0.2, -0.15) is 0 Å². The van der Waals surface area contributed by atoms with Crippen molar-refractivity contribution in [3.05, 3.63) is 92.5 Å². The first kappa shape index (κ1) is 25.0. The number of aromatic nitrogens is 1. The summed E-state index contributed by atoms with van der Waals surface area (Å²) in [5.41, 5.74) is 3.73. The summed E-state index contributed by atoms with van der Waals surface area (Å²) in [6.45, 7) is 4.37. The predicted octanol–water partition coefficient (Wildman–Crippen LogP) is 5.79. The van der Waals surface area contributed by atoms with E-state index in [2.05, 4.69) is 21.8 Å². The van der Waals surface area contributed by atoms with Crippen molar-refractivity contribution in [3.8, 4) is 0 Å². The van der Waals surface area contributed by atoms with Crippen LogP contribution in [0.4, 0.5) is 5.69 Å². The summed E-state index contributed by atoms with van der Waals surface area (Å²) in [4.78, 5) is 15.0. The molecule has 9 heteroatoms. The molecule has 4 aromatic rings. The molecule has 36 heavy (non-hydrogen) atoms. The number of hydrogen-bond donors (Lipinski definition) is 1. The van der Waals surface area contributed by atoms with Crippen molar-refractivity contribution in [2.45, 2.75) is 43.7 Å². The van der Waals surface area contributed by atoms with Gasteiger partial charge in [0.05, 0.1) is 21.7 Å². The molecule has 0 aliphatic carbocycles. The minimum absolute atomic E-state index is 0.135. The van der Waals surface area contributed by atoms with Gasteiger partial charge in [-0.3, -0.25) is 9.36 Å². The fourth-order valence-electron chi connectivity index (χ4n) is 4.63. The summed E-state index contributed by atoms with van der Waals surface area (Å²) in [6, 6.07) is 19.9. The summed E-state index contributed by atoms with van der Waals surface area (Å²) in [5, 5.41) is 0.635. The molecule has 1 aliphatic rings. The van der Waals surface area contributed by atoms with Crippen molar-refractivity contribution in [2.24, 2.45) is 0 Å². The van der Waals surface area contributed by atoms with Gasteiger partial charge in [0.1, 0.15) is 0 Å². The molecule has 1 N–H and O–H groups in total. The molecule has 188 valence electrons. The molecule has 2 heterocycles. The highest BCUT2D eigenvalue weighted by Crippen LogP contribution is 2.26. The smallest absolute Gasteiger partial charge is 0.308 e. The molecular weight excluding hydrogens is 514 g/mol. The first-order valence-electron chi connectivity index (χ1n) is 12.1. The van der Waals surface area contributed by atoms with E-state index in [9.17, 15) is 13.2 Å². The van der Waals surface area contributed by atoms with Gasteiger partial charge in [-0.1, -0.05) is 47.2 Å². The van der Waals surface area contributed by atoms with Gasteiger partial charge in [0, 0.05) is 29.8 Å². The number of anilines is 1. The van der Waals surface area contributed by atoms with Gasteiger partial charge < -0.3 is 4.90 Å². The van der Waals surface area contributed by atoms with Crippen LogP contribution in [-0.4, -0.2) is 26.1 Å². The van der Waals surface area contributed by atoms with E-state index in [0.29, 0.717) is 21.8 Å². The average molecular weight is 542 g/mol. The minimum atomic E-state index is -3.78. The zero-order chi connectivity index (χ0) is 25.3. The van der Waals surface area contributed by atoms with Gasteiger partial charge in [0.2, 0.25) is 10.0 Å². The molecule has 3 aromatic carbocycles. The van der Waals surface area contributed by atoms with Crippen LogP contribution < -0.4 is 14.5 Å². The third-order valence-electron chi connectivity index (χ3n) is 6.65. The number of rotatable bonds is 7. The van der Waals surface area contributed by atoms with Gasteiger partial charge in [-0.15, -0.1) is 0 Å². The van der Waals surface area contributed by atoms with E-state index in [1.54, 1.807) is 34.9 Å². The van der Waals surface area contributed by atoms with Crippen molar-refractivity contribution in [2.75, 3.05) is 18.0 Å². The molecule has 6 nitrogen and oxygen atoms in total. The van der Waals surface area contributed by atoms with E-state index in [-0.39, 0.29) is 9.77 Å². The molecule has 1 atom stereocenters. The topological polar surface area (TPSA) is 71.4 Å². The molecule has 1 aliphatic heterocycles. The highest BCUT2D eigenvalue weighted by molar-refractivity contribution is 7.89. The van der Waals surface area contributed by atoms with E-state index < -0.39 is 16.1 Å².